The van der Waals surface area contributed by atoms with Gasteiger partial charge in [0, 0.05) is 15.8 Å². The molecule has 1 aromatic carbocycles. The Hall–Kier alpha value is -1.87. The molecule has 1 aromatic heterocycles. The smallest absolute Gasteiger partial charge is 0.335 e. The third-order valence-electron chi connectivity index (χ3n) is 3.33. The number of benzene rings is 1. The molecular formula is C19H22O2S. The van der Waals surface area contributed by atoms with Crippen LogP contribution in [0.5, 0.6) is 5.75 Å². The second kappa shape index (κ2) is 8.54. The number of esters is 1. The van der Waals surface area contributed by atoms with Crippen molar-refractivity contribution >= 4 is 17.3 Å². The Labute approximate surface area is 136 Å². The molecular weight excluding hydrogens is 292 g/mol. The van der Waals surface area contributed by atoms with E-state index in [0.717, 1.165) is 18.4 Å². The van der Waals surface area contributed by atoms with Crippen molar-refractivity contribution < 1.29 is 9.53 Å². The summed E-state index contributed by atoms with van der Waals surface area (Å²) < 4.78 is 5.29. The first kappa shape index (κ1) is 16.5. The third-order valence-corrected chi connectivity index (χ3v) is 4.38. The first-order valence-electron chi connectivity index (χ1n) is 7.74. The first-order valence-corrected chi connectivity index (χ1v) is 8.56. The quantitative estimate of drug-likeness (QED) is 0.281. The van der Waals surface area contributed by atoms with Gasteiger partial charge in [-0.1, -0.05) is 25.8 Å². The van der Waals surface area contributed by atoms with Crippen LogP contribution in [-0.4, -0.2) is 5.97 Å². The molecule has 0 aliphatic heterocycles. The lowest BCUT2D eigenvalue weighted by molar-refractivity contribution is -0.129. The maximum Gasteiger partial charge on any atom is 0.335 e. The molecule has 0 aliphatic carbocycles. The summed E-state index contributed by atoms with van der Waals surface area (Å²) in [4.78, 5) is 14.2. The number of allylic oxidation sites excluding steroid dienone is 1. The summed E-state index contributed by atoms with van der Waals surface area (Å²) in [5, 5.41) is 0. The Bertz CT molecular complexity index is 623. The van der Waals surface area contributed by atoms with Gasteiger partial charge in [-0.2, -0.15) is 0 Å². The zero-order valence-electron chi connectivity index (χ0n) is 13.2. The van der Waals surface area contributed by atoms with Crippen LogP contribution in [0.25, 0.3) is 10.4 Å². The molecule has 0 amide bonds. The van der Waals surface area contributed by atoms with Gasteiger partial charge < -0.3 is 4.74 Å². The van der Waals surface area contributed by atoms with Crippen molar-refractivity contribution in [1.82, 2.24) is 0 Å². The second-order valence-electron chi connectivity index (χ2n) is 5.25. The lowest BCUT2D eigenvalue weighted by atomic mass is 10.2. The van der Waals surface area contributed by atoms with E-state index in [1.807, 2.05) is 30.3 Å². The number of unbranched alkanes of at least 4 members (excludes halogenated alkanes) is 3. The van der Waals surface area contributed by atoms with Crippen molar-refractivity contribution in [3.05, 3.63) is 53.4 Å². The van der Waals surface area contributed by atoms with E-state index >= 15 is 0 Å². The third kappa shape index (κ3) is 5.15. The number of hydrogen-bond donors (Lipinski definition) is 0. The maximum absolute atomic E-state index is 11.7. The molecule has 0 bridgehead atoms. The van der Waals surface area contributed by atoms with E-state index in [2.05, 4.69) is 26.0 Å². The normalized spacial score (nSPS) is 11.0. The Morgan fingerprint density at radius 1 is 1.14 bits per heavy atom. The van der Waals surface area contributed by atoms with Crippen LogP contribution >= 0.6 is 11.3 Å². The highest BCUT2D eigenvalue weighted by Gasteiger charge is 2.03. The Kier molecular flexibility index (Phi) is 6.41. The Balaban J connectivity index is 1.87. The molecule has 0 spiro atoms. The predicted octanol–water partition coefficient (Wildman–Crippen LogP) is 5.77. The number of ether oxygens (including phenoxy) is 1. The number of carbonyl (C=O) groups excluding carboxylic acids is 1. The van der Waals surface area contributed by atoms with Crippen molar-refractivity contribution in [2.75, 3.05) is 0 Å². The molecule has 2 aromatic rings. The molecule has 3 heteroatoms. The first-order chi connectivity index (χ1) is 10.7. The topological polar surface area (TPSA) is 26.3 Å². The molecule has 2 nitrogen and oxygen atoms in total. The Morgan fingerprint density at radius 3 is 2.55 bits per heavy atom. The molecule has 116 valence electrons. The standard InChI is InChI=1S/C19H22O2S/c1-3-4-5-6-7-8-19(20)21-17-12-10-16(11-13-17)18-14-9-15(2)22-18/h7-14H,3-6H2,1-2H3/b8-7+. The minimum atomic E-state index is -0.309. The minimum absolute atomic E-state index is 0.309. The second-order valence-corrected chi connectivity index (χ2v) is 6.54. The minimum Gasteiger partial charge on any atom is -0.423 e. The fraction of sp³-hybridized carbons (Fsp3) is 0.316. The summed E-state index contributed by atoms with van der Waals surface area (Å²) in [6, 6.07) is 11.9. The van der Waals surface area contributed by atoms with Gasteiger partial charge in [-0.05, 0) is 61.7 Å². The maximum atomic E-state index is 11.7. The molecule has 22 heavy (non-hydrogen) atoms. The van der Waals surface area contributed by atoms with E-state index in [-0.39, 0.29) is 5.97 Å². The van der Waals surface area contributed by atoms with Crippen LogP contribution < -0.4 is 4.74 Å². The highest BCUT2D eigenvalue weighted by molar-refractivity contribution is 7.15. The Morgan fingerprint density at radius 2 is 1.91 bits per heavy atom. The number of rotatable bonds is 7. The van der Waals surface area contributed by atoms with Gasteiger partial charge in [0.05, 0.1) is 0 Å². The summed E-state index contributed by atoms with van der Waals surface area (Å²) in [6.07, 6.45) is 7.85. The molecule has 0 aliphatic rings. The number of aryl methyl sites for hydroxylation is 1. The van der Waals surface area contributed by atoms with Gasteiger partial charge in [-0.3, -0.25) is 0 Å². The fourth-order valence-electron chi connectivity index (χ4n) is 2.12. The van der Waals surface area contributed by atoms with Gasteiger partial charge in [0.15, 0.2) is 0 Å². The SMILES string of the molecule is CCCCC/C=C/C(=O)Oc1ccc(-c2ccc(C)s2)cc1. The van der Waals surface area contributed by atoms with Crippen LogP contribution in [0, 0.1) is 6.92 Å². The molecule has 0 N–H and O–H groups in total. The van der Waals surface area contributed by atoms with Crippen molar-refractivity contribution in [2.24, 2.45) is 0 Å². The molecule has 0 radical (unpaired) electrons. The molecule has 0 atom stereocenters. The molecule has 0 fully saturated rings. The largest absolute Gasteiger partial charge is 0.423 e. The van der Waals surface area contributed by atoms with Gasteiger partial charge in [0.25, 0.3) is 0 Å². The van der Waals surface area contributed by atoms with Crippen LogP contribution in [0.1, 0.15) is 37.5 Å². The number of carbonyl (C=O) groups is 1. The van der Waals surface area contributed by atoms with E-state index in [1.54, 1.807) is 11.3 Å². The van der Waals surface area contributed by atoms with Crippen molar-refractivity contribution in [1.29, 1.82) is 0 Å². The lowest BCUT2D eigenvalue weighted by Crippen LogP contribution is -2.03. The summed E-state index contributed by atoms with van der Waals surface area (Å²) in [5.41, 5.74) is 1.15. The van der Waals surface area contributed by atoms with E-state index in [1.165, 1.54) is 28.7 Å². The monoisotopic (exact) mass is 314 g/mol. The van der Waals surface area contributed by atoms with Gasteiger partial charge in [-0.25, -0.2) is 4.79 Å². The van der Waals surface area contributed by atoms with Crippen molar-refractivity contribution in [3.8, 4) is 16.2 Å². The zero-order valence-corrected chi connectivity index (χ0v) is 14.0. The summed E-state index contributed by atoms with van der Waals surface area (Å²) in [7, 11) is 0. The highest BCUT2D eigenvalue weighted by atomic mass is 32.1. The van der Waals surface area contributed by atoms with Crippen LogP contribution in [0.4, 0.5) is 0 Å². The van der Waals surface area contributed by atoms with E-state index in [0.29, 0.717) is 5.75 Å². The molecule has 0 unspecified atom stereocenters. The van der Waals surface area contributed by atoms with Crippen LogP contribution in [-0.2, 0) is 4.79 Å². The van der Waals surface area contributed by atoms with Crippen LogP contribution in [0.2, 0.25) is 0 Å². The average Bonchev–Trinajstić information content (AvgIpc) is 2.94. The summed E-state index contributed by atoms with van der Waals surface area (Å²) in [5.74, 6) is 0.274. The van der Waals surface area contributed by atoms with Gasteiger partial charge in [-0.15, -0.1) is 11.3 Å². The predicted molar refractivity (Wildman–Crippen MR) is 93.4 cm³/mol. The van der Waals surface area contributed by atoms with Gasteiger partial charge in [0.1, 0.15) is 5.75 Å². The number of thiophene rings is 1. The van der Waals surface area contributed by atoms with Crippen molar-refractivity contribution in [2.45, 2.75) is 39.5 Å². The zero-order chi connectivity index (χ0) is 15.8. The molecule has 0 saturated heterocycles. The average molecular weight is 314 g/mol. The van der Waals surface area contributed by atoms with Crippen molar-refractivity contribution in [3.63, 3.8) is 0 Å². The van der Waals surface area contributed by atoms with Crippen LogP contribution in [0.15, 0.2) is 48.6 Å². The lowest BCUT2D eigenvalue weighted by Gasteiger charge is -2.03. The summed E-state index contributed by atoms with van der Waals surface area (Å²) >= 11 is 1.76. The highest BCUT2D eigenvalue weighted by Crippen LogP contribution is 2.28. The van der Waals surface area contributed by atoms with Crippen LogP contribution in [0.3, 0.4) is 0 Å². The molecule has 2 rings (SSSR count). The summed E-state index contributed by atoms with van der Waals surface area (Å²) in [6.45, 7) is 4.26. The fourth-order valence-corrected chi connectivity index (χ4v) is 2.99. The van der Waals surface area contributed by atoms with E-state index < -0.39 is 0 Å². The van der Waals surface area contributed by atoms with Gasteiger partial charge in [0.2, 0.25) is 0 Å². The van der Waals surface area contributed by atoms with E-state index in [9.17, 15) is 4.79 Å². The molecule has 0 saturated carbocycles. The number of hydrogen-bond acceptors (Lipinski definition) is 3. The molecule has 1 heterocycles. The van der Waals surface area contributed by atoms with Gasteiger partial charge >= 0.3 is 5.97 Å². The van der Waals surface area contributed by atoms with E-state index in [4.69, 9.17) is 4.74 Å².